The van der Waals surface area contributed by atoms with Crippen molar-refractivity contribution < 1.29 is 17.5 Å². The van der Waals surface area contributed by atoms with Gasteiger partial charge in [0.2, 0.25) is 10.0 Å². The van der Waals surface area contributed by atoms with Gasteiger partial charge in [0, 0.05) is 6.04 Å². The molecule has 6 heteroatoms. The van der Waals surface area contributed by atoms with Gasteiger partial charge in [0.05, 0.1) is 12.4 Å². The fourth-order valence-corrected chi connectivity index (χ4v) is 4.08. The Morgan fingerprint density at radius 3 is 2.64 bits per heavy atom. The van der Waals surface area contributed by atoms with Gasteiger partial charge in [-0.05, 0) is 61.6 Å². The van der Waals surface area contributed by atoms with Gasteiger partial charge in [0.1, 0.15) is 0 Å². The lowest BCUT2D eigenvalue weighted by molar-refractivity contribution is 0.284. The highest BCUT2D eigenvalue weighted by Crippen LogP contribution is 2.31. The van der Waals surface area contributed by atoms with Crippen molar-refractivity contribution in [3.63, 3.8) is 0 Å². The van der Waals surface area contributed by atoms with Crippen molar-refractivity contribution in [1.82, 2.24) is 4.72 Å². The molecule has 1 aliphatic carbocycles. The van der Waals surface area contributed by atoms with E-state index < -0.39 is 15.8 Å². The molecule has 2 rings (SSSR count). The third kappa shape index (κ3) is 6.94. The first-order chi connectivity index (χ1) is 11.8. The van der Waals surface area contributed by atoms with E-state index in [4.69, 9.17) is 4.74 Å². The lowest BCUT2D eigenvalue weighted by Crippen LogP contribution is -2.30. The largest absolute Gasteiger partial charge is 0.490 e. The number of hydrogen-bond donors (Lipinski definition) is 1. The van der Waals surface area contributed by atoms with Crippen molar-refractivity contribution in [3.05, 3.63) is 29.6 Å². The first-order valence-corrected chi connectivity index (χ1v) is 10.9. The highest BCUT2D eigenvalue weighted by molar-refractivity contribution is 7.89. The average Bonchev–Trinajstić information content (AvgIpc) is 3.35. The molecule has 1 atom stereocenters. The predicted octanol–water partition coefficient (Wildman–Crippen LogP) is 4.42. The van der Waals surface area contributed by atoms with Gasteiger partial charge in [-0.25, -0.2) is 17.5 Å². The normalized spacial score (nSPS) is 16.2. The van der Waals surface area contributed by atoms with Gasteiger partial charge < -0.3 is 4.74 Å². The summed E-state index contributed by atoms with van der Waals surface area (Å²) in [6, 6.07) is 4.24. The second-order valence-electron chi connectivity index (χ2n) is 7.38. The molecule has 142 valence electrons. The van der Waals surface area contributed by atoms with E-state index >= 15 is 0 Å². The molecule has 0 radical (unpaired) electrons. The zero-order valence-electron chi connectivity index (χ0n) is 15.4. The molecule has 1 saturated carbocycles. The number of ether oxygens (including phenoxy) is 1. The molecule has 1 fully saturated rings. The Labute approximate surface area is 151 Å². The standard InChI is InChI=1S/C19H30FNO3S/c1-4-18(21-25(22,23)11-5-6-14(2)3)16-9-10-17(20)19(12-16)24-13-15-7-8-15/h9-10,12,14-15,18,21H,4-8,11,13H2,1-3H3/t18-/m1/s1. The van der Waals surface area contributed by atoms with Crippen LogP contribution in [0, 0.1) is 17.7 Å². The highest BCUT2D eigenvalue weighted by Gasteiger charge is 2.23. The fourth-order valence-electron chi connectivity index (χ4n) is 2.68. The molecule has 0 aromatic heterocycles. The summed E-state index contributed by atoms with van der Waals surface area (Å²) in [5.74, 6) is 0.944. The van der Waals surface area contributed by atoms with Gasteiger partial charge in [-0.2, -0.15) is 0 Å². The fraction of sp³-hybridized carbons (Fsp3) is 0.684. The second kappa shape index (κ2) is 8.99. The molecule has 0 amide bonds. The molecular weight excluding hydrogens is 341 g/mol. The van der Waals surface area contributed by atoms with Crippen LogP contribution in [0.2, 0.25) is 0 Å². The van der Waals surface area contributed by atoms with E-state index in [-0.39, 0.29) is 17.5 Å². The number of halogens is 1. The smallest absolute Gasteiger partial charge is 0.212 e. The second-order valence-corrected chi connectivity index (χ2v) is 9.25. The molecule has 4 nitrogen and oxygen atoms in total. The number of nitrogens with one attached hydrogen (secondary N) is 1. The minimum Gasteiger partial charge on any atom is -0.490 e. The number of hydrogen-bond acceptors (Lipinski definition) is 3. The summed E-state index contributed by atoms with van der Waals surface area (Å²) in [7, 11) is -3.36. The summed E-state index contributed by atoms with van der Waals surface area (Å²) < 4.78 is 46.9. The molecule has 0 saturated heterocycles. The summed E-state index contributed by atoms with van der Waals surface area (Å²) in [5.41, 5.74) is 0.738. The summed E-state index contributed by atoms with van der Waals surface area (Å²) in [6.07, 6.45) is 4.39. The van der Waals surface area contributed by atoms with E-state index in [0.29, 0.717) is 31.3 Å². The van der Waals surface area contributed by atoms with Crippen LogP contribution in [-0.4, -0.2) is 20.8 Å². The van der Waals surface area contributed by atoms with Crippen LogP contribution in [0.1, 0.15) is 64.5 Å². The van der Waals surface area contributed by atoms with E-state index in [9.17, 15) is 12.8 Å². The monoisotopic (exact) mass is 371 g/mol. The number of benzene rings is 1. The summed E-state index contributed by atoms with van der Waals surface area (Å²) in [6.45, 7) is 6.60. The predicted molar refractivity (Wildman–Crippen MR) is 98.6 cm³/mol. The lowest BCUT2D eigenvalue weighted by Gasteiger charge is -2.19. The molecule has 0 spiro atoms. The van der Waals surface area contributed by atoms with Crippen molar-refractivity contribution >= 4 is 10.0 Å². The molecule has 1 N–H and O–H groups in total. The van der Waals surface area contributed by atoms with Crippen LogP contribution >= 0.6 is 0 Å². The van der Waals surface area contributed by atoms with E-state index in [0.717, 1.165) is 24.8 Å². The number of sulfonamides is 1. The molecule has 25 heavy (non-hydrogen) atoms. The lowest BCUT2D eigenvalue weighted by atomic mass is 10.1. The Morgan fingerprint density at radius 2 is 2.04 bits per heavy atom. The third-order valence-corrected chi connectivity index (χ3v) is 5.92. The summed E-state index contributed by atoms with van der Waals surface area (Å²) in [4.78, 5) is 0. The maximum Gasteiger partial charge on any atom is 0.212 e. The molecular formula is C19H30FNO3S. The molecule has 1 aromatic rings. The maximum absolute atomic E-state index is 13.9. The third-order valence-electron chi connectivity index (χ3n) is 4.45. The summed E-state index contributed by atoms with van der Waals surface area (Å²) in [5, 5.41) is 0. The van der Waals surface area contributed by atoms with Gasteiger partial charge in [0.25, 0.3) is 0 Å². The van der Waals surface area contributed by atoms with E-state index in [1.165, 1.54) is 6.07 Å². The Kier molecular flexibility index (Phi) is 7.25. The Hall–Kier alpha value is -1.14. The van der Waals surface area contributed by atoms with Gasteiger partial charge >= 0.3 is 0 Å². The average molecular weight is 372 g/mol. The van der Waals surface area contributed by atoms with Crippen molar-refractivity contribution in [2.45, 2.75) is 58.9 Å². The van der Waals surface area contributed by atoms with Crippen LogP contribution in [0.4, 0.5) is 4.39 Å². The Morgan fingerprint density at radius 1 is 1.32 bits per heavy atom. The Bertz CT molecular complexity index is 657. The van der Waals surface area contributed by atoms with E-state index in [1.54, 1.807) is 12.1 Å². The topological polar surface area (TPSA) is 55.4 Å². The van der Waals surface area contributed by atoms with Crippen LogP contribution in [-0.2, 0) is 10.0 Å². The van der Waals surface area contributed by atoms with Crippen LogP contribution in [0.25, 0.3) is 0 Å². The zero-order valence-corrected chi connectivity index (χ0v) is 16.2. The Balaban J connectivity index is 2.01. The maximum atomic E-state index is 13.9. The molecule has 0 heterocycles. The van der Waals surface area contributed by atoms with E-state index in [2.05, 4.69) is 18.6 Å². The first-order valence-electron chi connectivity index (χ1n) is 9.23. The van der Waals surface area contributed by atoms with Crippen LogP contribution in [0.15, 0.2) is 18.2 Å². The quantitative estimate of drug-likeness (QED) is 0.626. The minimum absolute atomic E-state index is 0.119. The van der Waals surface area contributed by atoms with Gasteiger partial charge in [-0.1, -0.05) is 26.8 Å². The molecule has 1 aliphatic rings. The molecule has 1 aromatic carbocycles. The first kappa shape index (κ1) is 20.2. The molecule has 0 bridgehead atoms. The van der Waals surface area contributed by atoms with Crippen molar-refractivity contribution in [3.8, 4) is 5.75 Å². The summed E-state index contributed by atoms with van der Waals surface area (Å²) >= 11 is 0. The minimum atomic E-state index is -3.36. The van der Waals surface area contributed by atoms with Gasteiger partial charge in [0.15, 0.2) is 11.6 Å². The van der Waals surface area contributed by atoms with E-state index in [1.807, 2.05) is 6.92 Å². The zero-order chi connectivity index (χ0) is 18.4. The van der Waals surface area contributed by atoms with Crippen LogP contribution in [0.5, 0.6) is 5.75 Å². The molecule has 0 aliphatic heterocycles. The van der Waals surface area contributed by atoms with Gasteiger partial charge in [-0.3, -0.25) is 0 Å². The van der Waals surface area contributed by atoms with Crippen molar-refractivity contribution in [2.75, 3.05) is 12.4 Å². The molecule has 0 unspecified atom stereocenters. The SMILES string of the molecule is CC[C@@H](NS(=O)(=O)CCCC(C)C)c1ccc(F)c(OCC2CC2)c1. The highest BCUT2D eigenvalue weighted by atomic mass is 32.2. The number of rotatable bonds is 11. The van der Waals surface area contributed by atoms with Crippen molar-refractivity contribution in [1.29, 1.82) is 0 Å². The van der Waals surface area contributed by atoms with Crippen LogP contribution < -0.4 is 9.46 Å². The van der Waals surface area contributed by atoms with Crippen LogP contribution in [0.3, 0.4) is 0 Å². The van der Waals surface area contributed by atoms with Gasteiger partial charge in [-0.15, -0.1) is 0 Å². The van der Waals surface area contributed by atoms with Crippen molar-refractivity contribution in [2.24, 2.45) is 11.8 Å².